The number of aryl methyl sites for hydroxylation is 1. The molecular formula is C29H28ClN3O4. The Labute approximate surface area is 221 Å². The van der Waals surface area contributed by atoms with Crippen molar-refractivity contribution in [2.45, 2.75) is 26.3 Å². The summed E-state index contributed by atoms with van der Waals surface area (Å²) in [6.07, 6.45) is 1.38. The Hall–Kier alpha value is -4.23. The summed E-state index contributed by atoms with van der Waals surface area (Å²) in [5.74, 6) is -1.62. The van der Waals surface area contributed by atoms with Gasteiger partial charge in [-0.05, 0) is 55.3 Å². The Bertz CT molecular complexity index is 1340. The topological polar surface area (TPSA) is 108 Å². The van der Waals surface area contributed by atoms with Gasteiger partial charge in [0.05, 0.1) is 7.11 Å². The van der Waals surface area contributed by atoms with Crippen molar-refractivity contribution in [3.8, 4) is 0 Å². The highest BCUT2D eigenvalue weighted by Crippen LogP contribution is 2.25. The van der Waals surface area contributed by atoms with Crippen LogP contribution in [-0.4, -0.2) is 36.6 Å². The number of anilines is 1. The SMILES string of the molecule is COC(=N)/C(=C\C(=O)NC(Cc1ccccc1)C(=O)Nc1ccc(C)cc1)c1cc(Cl)ccc1C(C)=O. The molecule has 0 radical (unpaired) electrons. The van der Waals surface area contributed by atoms with E-state index in [1.165, 1.54) is 26.2 Å². The van der Waals surface area contributed by atoms with Gasteiger partial charge in [0.15, 0.2) is 5.78 Å². The van der Waals surface area contributed by atoms with Gasteiger partial charge in [-0.15, -0.1) is 0 Å². The van der Waals surface area contributed by atoms with Crippen molar-refractivity contribution in [3.63, 3.8) is 0 Å². The highest BCUT2D eigenvalue weighted by Gasteiger charge is 2.23. The van der Waals surface area contributed by atoms with Crippen LogP contribution in [0.15, 0.2) is 78.9 Å². The second kappa shape index (κ2) is 12.6. The van der Waals surface area contributed by atoms with Gasteiger partial charge in [0.2, 0.25) is 17.7 Å². The largest absolute Gasteiger partial charge is 0.481 e. The maximum Gasteiger partial charge on any atom is 0.247 e. The molecule has 3 N–H and O–H groups in total. The maximum absolute atomic E-state index is 13.2. The van der Waals surface area contributed by atoms with Crippen LogP contribution in [0.1, 0.15) is 34.0 Å². The minimum absolute atomic E-state index is 0.0603. The number of nitrogens with one attached hydrogen (secondary N) is 3. The molecule has 0 bridgehead atoms. The third-order valence-electron chi connectivity index (χ3n) is 5.61. The quantitative estimate of drug-likeness (QED) is 0.156. The zero-order chi connectivity index (χ0) is 26.9. The number of rotatable bonds is 9. The first-order chi connectivity index (χ1) is 17.7. The Morgan fingerprint density at radius 1 is 1.00 bits per heavy atom. The summed E-state index contributed by atoms with van der Waals surface area (Å²) in [6.45, 7) is 3.33. The second-order valence-electron chi connectivity index (χ2n) is 8.44. The minimum Gasteiger partial charge on any atom is -0.481 e. The van der Waals surface area contributed by atoms with E-state index in [-0.39, 0.29) is 34.8 Å². The molecule has 1 atom stereocenters. The molecule has 0 saturated carbocycles. The van der Waals surface area contributed by atoms with Crippen LogP contribution in [0.25, 0.3) is 5.57 Å². The van der Waals surface area contributed by atoms with E-state index in [1.807, 2.05) is 49.4 Å². The maximum atomic E-state index is 13.2. The number of carbonyl (C=O) groups is 3. The number of benzene rings is 3. The van der Waals surface area contributed by atoms with Crippen LogP contribution in [0.4, 0.5) is 5.69 Å². The zero-order valence-electron chi connectivity index (χ0n) is 20.8. The normalized spacial score (nSPS) is 11.8. The highest BCUT2D eigenvalue weighted by molar-refractivity contribution is 6.32. The van der Waals surface area contributed by atoms with Crippen LogP contribution >= 0.6 is 11.6 Å². The van der Waals surface area contributed by atoms with E-state index >= 15 is 0 Å². The number of hydrogen-bond acceptors (Lipinski definition) is 5. The fourth-order valence-corrected chi connectivity index (χ4v) is 3.86. The second-order valence-corrected chi connectivity index (χ2v) is 8.88. The molecule has 0 aliphatic rings. The predicted octanol–water partition coefficient (Wildman–Crippen LogP) is 5.22. The van der Waals surface area contributed by atoms with Gasteiger partial charge in [-0.25, -0.2) is 0 Å². The number of carbonyl (C=O) groups excluding carboxylic acids is 3. The Morgan fingerprint density at radius 2 is 1.68 bits per heavy atom. The summed E-state index contributed by atoms with van der Waals surface area (Å²) in [5, 5.41) is 14.2. The van der Waals surface area contributed by atoms with Crippen molar-refractivity contribution < 1.29 is 19.1 Å². The molecule has 190 valence electrons. The number of ether oxygens (including phenoxy) is 1. The molecule has 0 aromatic heterocycles. The summed E-state index contributed by atoms with van der Waals surface area (Å²) >= 11 is 6.15. The Morgan fingerprint density at radius 3 is 2.30 bits per heavy atom. The molecule has 37 heavy (non-hydrogen) atoms. The van der Waals surface area contributed by atoms with Crippen LogP contribution < -0.4 is 10.6 Å². The molecule has 0 saturated heterocycles. The molecule has 3 aromatic carbocycles. The first-order valence-electron chi connectivity index (χ1n) is 11.6. The monoisotopic (exact) mass is 517 g/mol. The van der Waals surface area contributed by atoms with Gasteiger partial charge in [0.25, 0.3) is 0 Å². The summed E-state index contributed by atoms with van der Waals surface area (Å²) in [7, 11) is 1.29. The van der Waals surface area contributed by atoms with Crippen LogP contribution in [0.5, 0.6) is 0 Å². The molecule has 0 spiro atoms. The average Bonchev–Trinajstić information content (AvgIpc) is 2.88. The zero-order valence-corrected chi connectivity index (χ0v) is 21.6. The van der Waals surface area contributed by atoms with Gasteiger partial charge in [-0.2, -0.15) is 0 Å². The van der Waals surface area contributed by atoms with Gasteiger partial charge < -0.3 is 15.4 Å². The Balaban J connectivity index is 1.94. The highest BCUT2D eigenvalue weighted by atomic mass is 35.5. The van der Waals surface area contributed by atoms with E-state index in [4.69, 9.17) is 21.7 Å². The van der Waals surface area contributed by atoms with Crippen molar-refractivity contribution in [2.75, 3.05) is 12.4 Å². The number of amides is 2. The molecule has 2 amide bonds. The van der Waals surface area contributed by atoms with Crippen LogP contribution in [0.3, 0.4) is 0 Å². The third kappa shape index (κ3) is 7.62. The molecule has 8 heteroatoms. The van der Waals surface area contributed by atoms with Crippen LogP contribution in [0, 0.1) is 12.3 Å². The summed E-state index contributed by atoms with van der Waals surface area (Å²) in [4.78, 5) is 38.6. The number of Topliss-reactive ketones (excluding diaryl/α,β-unsaturated/α-hetero) is 1. The number of halogens is 1. The average molecular weight is 518 g/mol. The molecule has 0 aliphatic heterocycles. The van der Waals surface area contributed by atoms with Gasteiger partial charge in [0.1, 0.15) is 6.04 Å². The van der Waals surface area contributed by atoms with Crippen molar-refractivity contribution in [3.05, 3.63) is 106 Å². The van der Waals surface area contributed by atoms with Crippen molar-refractivity contribution in [2.24, 2.45) is 0 Å². The lowest BCUT2D eigenvalue weighted by Crippen LogP contribution is -2.44. The molecule has 0 aliphatic carbocycles. The summed E-state index contributed by atoms with van der Waals surface area (Å²) in [6, 6.07) is 20.3. The fraction of sp³-hybridized carbons (Fsp3) is 0.172. The van der Waals surface area contributed by atoms with Crippen molar-refractivity contribution >= 4 is 46.4 Å². The van der Waals surface area contributed by atoms with Gasteiger partial charge in [-0.3, -0.25) is 19.8 Å². The van der Waals surface area contributed by atoms with Crippen LogP contribution in [0.2, 0.25) is 5.02 Å². The molecule has 0 heterocycles. The molecule has 1 unspecified atom stereocenters. The van der Waals surface area contributed by atoms with E-state index in [9.17, 15) is 14.4 Å². The molecule has 3 aromatic rings. The lowest BCUT2D eigenvalue weighted by molar-refractivity contribution is -0.123. The van der Waals surface area contributed by atoms with Gasteiger partial charge in [-0.1, -0.05) is 59.6 Å². The summed E-state index contributed by atoms with van der Waals surface area (Å²) in [5.41, 5.74) is 3.13. The number of ketones is 1. The lowest BCUT2D eigenvalue weighted by Gasteiger charge is -2.19. The molecule has 7 nitrogen and oxygen atoms in total. The number of methoxy groups -OCH3 is 1. The fourth-order valence-electron chi connectivity index (χ4n) is 3.69. The van der Waals surface area contributed by atoms with E-state index in [0.717, 1.165) is 17.2 Å². The van der Waals surface area contributed by atoms with Crippen molar-refractivity contribution in [1.29, 1.82) is 5.41 Å². The van der Waals surface area contributed by atoms with Gasteiger partial charge in [0, 0.05) is 34.3 Å². The molecule has 3 rings (SSSR count). The van der Waals surface area contributed by atoms with E-state index < -0.39 is 17.9 Å². The van der Waals surface area contributed by atoms with Gasteiger partial charge >= 0.3 is 0 Å². The summed E-state index contributed by atoms with van der Waals surface area (Å²) < 4.78 is 5.08. The third-order valence-corrected chi connectivity index (χ3v) is 5.85. The Kier molecular flexibility index (Phi) is 9.35. The van der Waals surface area contributed by atoms with Crippen molar-refractivity contribution in [1.82, 2.24) is 5.32 Å². The minimum atomic E-state index is -0.919. The van der Waals surface area contributed by atoms with Crippen LogP contribution in [-0.2, 0) is 20.7 Å². The molecular weight excluding hydrogens is 490 g/mol. The van der Waals surface area contributed by atoms with E-state index in [1.54, 1.807) is 18.2 Å². The first-order valence-corrected chi connectivity index (χ1v) is 11.9. The predicted molar refractivity (Wildman–Crippen MR) is 146 cm³/mol. The molecule has 0 fully saturated rings. The number of hydrogen-bond donors (Lipinski definition) is 3. The van der Waals surface area contributed by atoms with E-state index in [2.05, 4.69) is 10.6 Å². The standard InChI is InChI=1S/C29H28ClN3O4/c1-18-9-12-22(13-10-18)32-29(36)26(15-20-7-5-4-6-8-20)33-27(35)17-25(28(31)37-3)24-16-21(30)11-14-23(24)19(2)34/h4-14,16-17,26,31H,15H2,1-3H3,(H,32,36)(H,33,35)/b25-17-,31-28?. The lowest BCUT2D eigenvalue weighted by atomic mass is 9.96. The van der Waals surface area contributed by atoms with E-state index in [0.29, 0.717) is 10.7 Å². The smallest absolute Gasteiger partial charge is 0.247 e. The first kappa shape index (κ1) is 27.4.